The van der Waals surface area contributed by atoms with E-state index < -0.39 is 4.92 Å². The molecule has 3 rings (SSSR count). The molecule has 6 nitrogen and oxygen atoms in total. The highest BCUT2D eigenvalue weighted by atomic mass is 16.6. The van der Waals surface area contributed by atoms with Crippen molar-refractivity contribution < 1.29 is 9.72 Å². The van der Waals surface area contributed by atoms with Crippen molar-refractivity contribution in [2.24, 2.45) is 0 Å². The van der Waals surface area contributed by atoms with Crippen LogP contribution in [-0.2, 0) is 4.79 Å². The molecule has 3 aromatic carbocycles. The second-order valence-electron chi connectivity index (χ2n) is 6.03. The van der Waals surface area contributed by atoms with Crippen molar-refractivity contribution in [3.63, 3.8) is 0 Å². The molecule has 26 heavy (non-hydrogen) atoms. The molecule has 6 heteroatoms. The standard InChI is InChI=1S/C20H19N3O3/c1-14(18-11-4-7-15-6-2-3-10-19(15)18)21-13-20(24)22-16-8-5-9-17(12-16)23(25)26/h2-12,14,21H,13H2,1H3,(H,22,24)/t14-/m0/s1. The van der Waals surface area contributed by atoms with Crippen LogP contribution in [0.2, 0.25) is 0 Å². The van der Waals surface area contributed by atoms with Gasteiger partial charge in [0, 0.05) is 23.9 Å². The lowest BCUT2D eigenvalue weighted by Gasteiger charge is -2.16. The molecule has 0 aromatic heterocycles. The number of nitrogens with zero attached hydrogens (tertiary/aromatic N) is 1. The van der Waals surface area contributed by atoms with Gasteiger partial charge in [-0.3, -0.25) is 14.9 Å². The lowest BCUT2D eigenvalue weighted by molar-refractivity contribution is -0.384. The van der Waals surface area contributed by atoms with E-state index in [1.165, 1.54) is 12.1 Å². The predicted octanol–water partition coefficient (Wildman–Crippen LogP) is 4.04. The molecule has 2 N–H and O–H groups in total. The van der Waals surface area contributed by atoms with Crippen molar-refractivity contribution in [1.29, 1.82) is 0 Å². The summed E-state index contributed by atoms with van der Waals surface area (Å²) >= 11 is 0. The van der Waals surface area contributed by atoms with Crippen molar-refractivity contribution in [2.75, 3.05) is 11.9 Å². The van der Waals surface area contributed by atoms with Gasteiger partial charge in [-0.15, -0.1) is 0 Å². The largest absolute Gasteiger partial charge is 0.325 e. The smallest absolute Gasteiger partial charge is 0.271 e. The Labute approximate surface area is 151 Å². The number of anilines is 1. The molecule has 0 unspecified atom stereocenters. The summed E-state index contributed by atoms with van der Waals surface area (Å²) in [5.74, 6) is -0.252. The number of nitrogens with one attached hydrogen (secondary N) is 2. The number of fused-ring (bicyclic) bond motifs is 1. The molecule has 0 fully saturated rings. The predicted molar refractivity (Wildman–Crippen MR) is 102 cm³/mol. The first-order valence-corrected chi connectivity index (χ1v) is 8.30. The Morgan fingerprint density at radius 2 is 1.81 bits per heavy atom. The van der Waals surface area contributed by atoms with E-state index in [0.29, 0.717) is 5.69 Å². The first-order valence-electron chi connectivity index (χ1n) is 8.30. The van der Waals surface area contributed by atoms with Gasteiger partial charge >= 0.3 is 0 Å². The van der Waals surface area contributed by atoms with Crippen molar-refractivity contribution >= 4 is 28.1 Å². The second-order valence-corrected chi connectivity index (χ2v) is 6.03. The van der Waals surface area contributed by atoms with Crippen molar-refractivity contribution in [2.45, 2.75) is 13.0 Å². The van der Waals surface area contributed by atoms with E-state index in [-0.39, 0.29) is 24.2 Å². The van der Waals surface area contributed by atoms with E-state index in [2.05, 4.69) is 28.8 Å². The molecule has 1 atom stereocenters. The Bertz CT molecular complexity index is 950. The van der Waals surface area contributed by atoms with Crippen LogP contribution in [0.5, 0.6) is 0 Å². The summed E-state index contributed by atoms with van der Waals surface area (Å²) in [6.45, 7) is 2.11. The molecule has 0 spiro atoms. The summed E-state index contributed by atoms with van der Waals surface area (Å²) in [5.41, 5.74) is 1.47. The molecule has 0 aliphatic carbocycles. The number of nitro benzene ring substituents is 1. The van der Waals surface area contributed by atoms with Crippen LogP contribution in [0.4, 0.5) is 11.4 Å². The van der Waals surface area contributed by atoms with Crippen molar-refractivity contribution in [3.8, 4) is 0 Å². The lowest BCUT2D eigenvalue weighted by atomic mass is 10.00. The van der Waals surface area contributed by atoms with Crippen LogP contribution in [0.1, 0.15) is 18.5 Å². The van der Waals surface area contributed by atoms with Gasteiger partial charge in [-0.1, -0.05) is 48.5 Å². The SMILES string of the molecule is C[C@H](NCC(=O)Nc1cccc([N+](=O)[O-])c1)c1cccc2ccccc12. The van der Waals surface area contributed by atoms with E-state index in [1.807, 2.05) is 31.2 Å². The third kappa shape index (κ3) is 4.04. The van der Waals surface area contributed by atoms with Crippen LogP contribution < -0.4 is 10.6 Å². The molecule has 1 amide bonds. The number of hydrogen-bond acceptors (Lipinski definition) is 4. The van der Waals surface area contributed by atoms with Gasteiger partial charge in [-0.2, -0.15) is 0 Å². The number of benzene rings is 3. The minimum atomic E-state index is -0.490. The van der Waals surface area contributed by atoms with E-state index >= 15 is 0 Å². The van der Waals surface area contributed by atoms with E-state index in [9.17, 15) is 14.9 Å². The van der Waals surface area contributed by atoms with Gasteiger partial charge in [0.2, 0.25) is 5.91 Å². The zero-order valence-electron chi connectivity index (χ0n) is 14.3. The lowest BCUT2D eigenvalue weighted by Crippen LogP contribution is -2.30. The maximum absolute atomic E-state index is 12.1. The molecule has 0 saturated heterocycles. The number of rotatable bonds is 6. The Balaban J connectivity index is 1.64. The van der Waals surface area contributed by atoms with Crippen LogP contribution in [0.3, 0.4) is 0 Å². The van der Waals surface area contributed by atoms with Crippen LogP contribution >= 0.6 is 0 Å². The van der Waals surface area contributed by atoms with E-state index in [4.69, 9.17) is 0 Å². The quantitative estimate of drug-likeness (QED) is 0.520. The fraction of sp³-hybridized carbons (Fsp3) is 0.150. The fourth-order valence-electron chi connectivity index (χ4n) is 2.89. The van der Waals surface area contributed by atoms with Gasteiger partial charge in [0.1, 0.15) is 0 Å². The summed E-state index contributed by atoms with van der Waals surface area (Å²) in [5, 5.41) is 19.0. The zero-order chi connectivity index (χ0) is 18.5. The number of nitro groups is 1. The number of amides is 1. The highest BCUT2D eigenvalue weighted by molar-refractivity contribution is 5.92. The monoisotopic (exact) mass is 349 g/mol. The average Bonchev–Trinajstić information content (AvgIpc) is 2.66. The summed E-state index contributed by atoms with van der Waals surface area (Å²) in [4.78, 5) is 22.5. The molecule has 0 saturated carbocycles. The maximum atomic E-state index is 12.1. The molecular weight excluding hydrogens is 330 g/mol. The minimum absolute atomic E-state index is 0.0167. The average molecular weight is 349 g/mol. The van der Waals surface area contributed by atoms with Gasteiger partial charge in [0.15, 0.2) is 0 Å². The summed E-state index contributed by atoms with van der Waals surface area (Å²) < 4.78 is 0. The highest BCUT2D eigenvalue weighted by Gasteiger charge is 2.12. The van der Waals surface area contributed by atoms with Gasteiger partial charge in [-0.25, -0.2) is 0 Å². The van der Waals surface area contributed by atoms with Crippen molar-refractivity contribution in [1.82, 2.24) is 5.32 Å². The molecule has 0 bridgehead atoms. The van der Waals surface area contributed by atoms with Crippen LogP contribution in [0, 0.1) is 10.1 Å². The number of non-ortho nitro benzene ring substituents is 1. The summed E-state index contributed by atoms with van der Waals surface area (Å²) in [7, 11) is 0. The fourth-order valence-corrected chi connectivity index (χ4v) is 2.89. The summed E-state index contributed by atoms with van der Waals surface area (Å²) in [6.07, 6.45) is 0. The number of carbonyl (C=O) groups is 1. The maximum Gasteiger partial charge on any atom is 0.271 e. The van der Waals surface area contributed by atoms with Gasteiger partial charge in [-0.05, 0) is 29.3 Å². The Hall–Kier alpha value is -3.25. The number of hydrogen-bond donors (Lipinski definition) is 2. The topological polar surface area (TPSA) is 84.3 Å². The zero-order valence-corrected chi connectivity index (χ0v) is 14.3. The van der Waals surface area contributed by atoms with Crippen molar-refractivity contribution in [3.05, 3.63) is 82.4 Å². The molecule has 0 heterocycles. The summed E-state index contributed by atoms with van der Waals surface area (Å²) in [6, 6.07) is 20.1. The molecule has 0 aliphatic heterocycles. The van der Waals surface area contributed by atoms with E-state index in [1.54, 1.807) is 12.1 Å². The van der Waals surface area contributed by atoms with Gasteiger partial charge in [0.25, 0.3) is 5.69 Å². The van der Waals surface area contributed by atoms with Crippen LogP contribution in [-0.4, -0.2) is 17.4 Å². The van der Waals surface area contributed by atoms with Crippen LogP contribution in [0.15, 0.2) is 66.7 Å². The van der Waals surface area contributed by atoms with E-state index in [0.717, 1.165) is 16.3 Å². The van der Waals surface area contributed by atoms with Crippen LogP contribution in [0.25, 0.3) is 10.8 Å². The van der Waals surface area contributed by atoms with Gasteiger partial charge in [0.05, 0.1) is 11.5 Å². The minimum Gasteiger partial charge on any atom is -0.325 e. The normalized spacial score (nSPS) is 11.9. The Morgan fingerprint density at radius 1 is 1.08 bits per heavy atom. The first-order chi connectivity index (χ1) is 12.5. The molecule has 0 aliphatic rings. The number of carbonyl (C=O) groups excluding carboxylic acids is 1. The van der Waals surface area contributed by atoms with Gasteiger partial charge < -0.3 is 10.6 Å². The molecule has 132 valence electrons. The molecule has 3 aromatic rings. The third-order valence-electron chi connectivity index (χ3n) is 4.20. The first kappa shape index (κ1) is 17.6. The Morgan fingerprint density at radius 3 is 2.62 bits per heavy atom. The molecular formula is C20H19N3O3. The Kier molecular flexibility index (Phi) is 5.24. The molecule has 0 radical (unpaired) electrons. The highest BCUT2D eigenvalue weighted by Crippen LogP contribution is 2.24. The third-order valence-corrected chi connectivity index (χ3v) is 4.20. The second kappa shape index (κ2) is 7.76.